The third-order valence-corrected chi connectivity index (χ3v) is 3.10. The van der Waals surface area contributed by atoms with E-state index >= 15 is 0 Å². The van der Waals surface area contributed by atoms with Crippen molar-refractivity contribution in [3.05, 3.63) is 27.8 Å². The van der Waals surface area contributed by atoms with Crippen LogP contribution in [0.3, 0.4) is 0 Å². The van der Waals surface area contributed by atoms with E-state index in [1.807, 2.05) is 0 Å². The Morgan fingerprint density at radius 1 is 1.25 bits per heavy atom. The van der Waals surface area contributed by atoms with Gasteiger partial charge < -0.3 is 21.5 Å². The standard InChI is InChI=1S/C12H14IN3O4/c13-7-1-3-8(4-2-7)15-12(20)16-9(11(18)19)5-6-10(14)17/h1-4,9H,5-6H2,(H2,14,17)(H,18,19)(H2,15,16,20)/t9-/m0/s1. The van der Waals surface area contributed by atoms with Crippen molar-refractivity contribution in [1.29, 1.82) is 0 Å². The van der Waals surface area contributed by atoms with E-state index < -0.39 is 23.9 Å². The maximum Gasteiger partial charge on any atom is 0.326 e. The van der Waals surface area contributed by atoms with Crippen LogP contribution >= 0.6 is 22.6 Å². The molecule has 8 heteroatoms. The zero-order valence-electron chi connectivity index (χ0n) is 10.4. The average Bonchev–Trinajstić information content (AvgIpc) is 2.36. The average molecular weight is 391 g/mol. The summed E-state index contributed by atoms with van der Waals surface area (Å²) in [5.41, 5.74) is 5.49. The fourth-order valence-electron chi connectivity index (χ4n) is 1.40. The molecular weight excluding hydrogens is 377 g/mol. The minimum Gasteiger partial charge on any atom is -0.480 e. The van der Waals surface area contributed by atoms with E-state index in [0.29, 0.717) is 5.69 Å². The smallest absolute Gasteiger partial charge is 0.326 e. The summed E-state index contributed by atoms with van der Waals surface area (Å²) in [6, 6.07) is 5.19. The van der Waals surface area contributed by atoms with Crippen LogP contribution in [0, 0.1) is 3.57 Å². The van der Waals surface area contributed by atoms with Crippen molar-refractivity contribution in [3.63, 3.8) is 0 Å². The lowest BCUT2D eigenvalue weighted by atomic mass is 10.1. The predicted molar refractivity (Wildman–Crippen MR) is 81.2 cm³/mol. The van der Waals surface area contributed by atoms with Gasteiger partial charge in [-0.25, -0.2) is 9.59 Å². The fourth-order valence-corrected chi connectivity index (χ4v) is 1.76. The van der Waals surface area contributed by atoms with Crippen LogP contribution in [0.4, 0.5) is 10.5 Å². The molecule has 5 N–H and O–H groups in total. The number of carboxylic acid groups (broad SMARTS) is 1. The molecule has 0 aromatic heterocycles. The molecule has 0 saturated carbocycles. The van der Waals surface area contributed by atoms with Crippen molar-refractivity contribution in [1.82, 2.24) is 5.32 Å². The van der Waals surface area contributed by atoms with Crippen LogP contribution in [-0.4, -0.2) is 29.1 Å². The van der Waals surface area contributed by atoms with Crippen molar-refractivity contribution < 1.29 is 19.5 Å². The molecule has 0 heterocycles. The van der Waals surface area contributed by atoms with E-state index in [0.717, 1.165) is 3.57 Å². The quantitative estimate of drug-likeness (QED) is 0.543. The third-order valence-electron chi connectivity index (χ3n) is 2.38. The molecule has 3 amide bonds. The van der Waals surface area contributed by atoms with Crippen molar-refractivity contribution in [2.45, 2.75) is 18.9 Å². The van der Waals surface area contributed by atoms with E-state index in [1.54, 1.807) is 24.3 Å². The van der Waals surface area contributed by atoms with E-state index in [2.05, 4.69) is 33.2 Å². The molecule has 1 aromatic carbocycles. The summed E-state index contributed by atoms with van der Waals surface area (Å²) >= 11 is 2.13. The minimum absolute atomic E-state index is 0.0508. The number of aliphatic carboxylic acids is 1. The Balaban J connectivity index is 2.55. The van der Waals surface area contributed by atoms with Gasteiger partial charge in [0, 0.05) is 15.7 Å². The Labute approximate surface area is 129 Å². The molecule has 1 aromatic rings. The summed E-state index contributed by atoms with van der Waals surface area (Å²) in [4.78, 5) is 33.2. The number of carbonyl (C=O) groups is 3. The van der Waals surface area contributed by atoms with Gasteiger partial charge in [-0.05, 0) is 53.3 Å². The molecule has 1 rings (SSSR count). The number of carbonyl (C=O) groups excluding carboxylic acids is 2. The van der Waals surface area contributed by atoms with E-state index in [4.69, 9.17) is 10.8 Å². The summed E-state index contributed by atoms with van der Waals surface area (Å²) in [7, 11) is 0. The zero-order valence-corrected chi connectivity index (χ0v) is 12.6. The molecular formula is C12H14IN3O4. The van der Waals surface area contributed by atoms with Gasteiger partial charge in [0.1, 0.15) is 6.04 Å². The zero-order chi connectivity index (χ0) is 15.1. The number of urea groups is 1. The topological polar surface area (TPSA) is 122 Å². The van der Waals surface area contributed by atoms with Crippen molar-refractivity contribution in [3.8, 4) is 0 Å². The summed E-state index contributed by atoms with van der Waals surface area (Å²) in [5.74, 6) is -1.83. The lowest BCUT2D eigenvalue weighted by Crippen LogP contribution is -2.43. The molecule has 0 aliphatic heterocycles. The van der Waals surface area contributed by atoms with Crippen molar-refractivity contribution in [2.75, 3.05) is 5.32 Å². The number of hydrogen-bond donors (Lipinski definition) is 4. The Morgan fingerprint density at radius 2 is 1.85 bits per heavy atom. The minimum atomic E-state index is -1.22. The molecule has 0 spiro atoms. The highest BCUT2D eigenvalue weighted by molar-refractivity contribution is 14.1. The van der Waals surface area contributed by atoms with Gasteiger partial charge in [0.25, 0.3) is 0 Å². The normalized spacial score (nSPS) is 11.4. The molecule has 0 aliphatic rings. The number of anilines is 1. The first-order chi connectivity index (χ1) is 9.38. The Morgan fingerprint density at radius 3 is 2.35 bits per heavy atom. The maximum atomic E-state index is 11.7. The number of carboxylic acids is 1. The molecule has 7 nitrogen and oxygen atoms in total. The largest absolute Gasteiger partial charge is 0.480 e. The molecule has 0 radical (unpaired) electrons. The van der Waals surface area contributed by atoms with Crippen LogP contribution < -0.4 is 16.4 Å². The maximum absolute atomic E-state index is 11.7. The summed E-state index contributed by atoms with van der Waals surface area (Å²) < 4.78 is 1.01. The van der Waals surface area contributed by atoms with Crippen LogP contribution in [0.5, 0.6) is 0 Å². The number of halogens is 1. The lowest BCUT2D eigenvalue weighted by molar-refractivity contribution is -0.139. The van der Waals surface area contributed by atoms with E-state index in [1.165, 1.54) is 0 Å². The predicted octanol–water partition coefficient (Wildman–Crippen LogP) is 1.13. The van der Waals surface area contributed by atoms with E-state index in [9.17, 15) is 14.4 Å². The molecule has 1 atom stereocenters. The number of primary amides is 1. The second-order valence-corrected chi connectivity index (χ2v) is 5.25. The lowest BCUT2D eigenvalue weighted by Gasteiger charge is -2.14. The number of rotatable bonds is 6. The van der Waals surface area contributed by atoms with Gasteiger partial charge in [0.2, 0.25) is 5.91 Å². The van der Waals surface area contributed by atoms with Crippen LogP contribution in [0.2, 0.25) is 0 Å². The second-order valence-electron chi connectivity index (χ2n) is 4.00. The number of nitrogens with two attached hydrogens (primary N) is 1. The molecule has 20 heavy (non-hydrogen) atoms. The van der Waals surface area contributed by atoms with Crippen LogP contribution in [-0.2, 0) is 9.59 Å². The third kappa shape index (κ3) is 5.87. The molecule has 0 bridgehead atoms. The van der Waals surface area contributed by atoms with Gasteiger partial charge in [-0.1, -0.05) is 0 Å². The monoisotopic (exact) mass is 391 g/mol. The molecule has 0 unspecified atom stereocenters. The Bertz CT molecular complexity index is 504. The molecule has 0 aliphatic carbocycles. The highest BCUT2D eigenvalue weighted by atomic mass is 127. The SMILES string of the molecule is NC(=O)CC[C@H](NC(=O)Nc1ccc(I)cc1)C(=O)O. The van der Waals surface area contributed by atoms with Crippen LogP contribution in [0.25, 0.3) is 0 Å². The number of amides is 3. The summed E-state index contributed by atoms with van der Waals surface area (Å²) in [5, 5.41) is 13.7. The second kappa shape index (κ2) is 7.68. The summed E-state index contributed by atoms with van der Waals surface area (Å²) in [6.45, 7) is 0. The van der Waals surface area contributed by atoms with Crippen LogP contribution in [0.1, 0.15) is 12.8 Å². The van der Waals surface area contributed by atoms with Gasteiger partial charge in [-0.15, -0.1) is 0 Å². The Hall–Kier alpha value is -1.84. The van der Waals surface area contributed by atoms with Gasteiger partial charge >= 0.3 is 12.0 Å². The molecule has 0 saturated heterocycles. The van der Waals surface area contributed by atoms with Gasteiger partial charge in [-0.3, -0.25) is 4.79 Å². The summed E-state index contributed by atoms with van der Waals surface area (Å²) in [6.07, 6.45) is -0.161. The van der Waals surface area contributed by atoms with Gasteiger partial charge in [-0.2, -0.15) is 0 Å². The number of benzene rings is 1. The van der Waals surface area contributed by atoms with Gasteiger partial charge in [0.15, 0.2) is 0 Å². The van der Waals surface area contributed by atoms with Crippen molar-refractivity contribution >= 4 is 46.2 Å². The first-order valence-corrected chi connectivity index (χ1v) is 6.80. The fraction of sp³-hybridized carbons (Fsp3) is 0.250. The van der Waals surface area contributed by atoms with Crippen LogP contribution in [0.15, 0.2) is 24.3 Å². The molecule has 0 fully saturated rings. The van der Waals surface area contributed by atoms with Gasteiger partial charge in [0.05, 0.1) is 0 Å². The highest BCUT2D eigenvalue weighted by Crippen LogP contribution is 2.11. The first-order valence-electron chi connectivity index (χ1n) is 5.72. The number of hydrogen-bond acceptors (Lipinski definition) is 3. The van der Waals surface area contributed by atoms with E-state index in [-0.39, 0.29) is 12.8 Å². The van der Waals surface area contributed by atoms with Crippen molar-refractivity contribution in [2.24, 2.45) is 5.73 Å². The first kappa shape index (κ1) is 16.2. The molecule has 108 valence electrons. The highest BCUT2D eigenvalue weighted by Gasteiger charge is 2.20. The number of nitrogens with one attached hydrogen (secondary N) is 2. The Kier molecular flexibility index (Phi) is 6.22.